The first-order valence-electron chi connectivity index (χ1n) is 12.0. The number of hydrogen-bond donors (Lipinski definition) is 3. The van der Waals surface area contributed by atoms with Crippen LogP contribution in [0, 0.1) is 5.92 Å². The molecule has 0 spiro atoms. The minimum absolute atomic E-state index is 0.218. The number of alkyl halides is 3. The molecule has 2 aromatic carbocycles. The number of carbonyl (C=O) groups is 2. The molecule has 2 atom stereocenters. The lowest BCUT2D eigenvalue weighted by atomic mass is 9.89. The molecular weight excluding hydrogens is 533 g/mol. The third-order valence-corrected chi connectivity index (χ3v) is 6.70. The number of thiazole rings is 1. The number of nitrogens with zero attached hydrogens (tertiary/aromatic N) is 2. The number of amides is 1. The maximum absolute atomic E-state index is 13.5. The largest absolute Gasteiger partial charge is 0.450 e. The molecule has 39 heavy (non-hydrogen) atoms. The van der Waals surface area contributed by atoms with Gasteiger partial charge in [-0.3, -0.25) is 26.1 Å². The number of halogens is 3. The molecule has 0 bridgehead atoms. The minimum atomic E-state index is -5.22. The van der Waals surface area contributed by atoms with E-state index in [4.69, 9.17) is 16.2 Å². The summed E-state index contributed by atoms with van der Waals surface area (Å²) in [6.45, 7) is 3.95. The highest BCUT2D eigenvalue weighted by atomic mass is 32.1. The summed E-state index contributed by atoms with van der Waals surface area (Å²) in [6.07, 6.45) is -7.02. The number of aliphatic hydroxyl groups excluding tert-OH is 1. The normalized spacial score (nSPS) is 14.0. The van der Waals surface area contributed by atoms with Crippen LogP contribution in [-0.4, -0.2) is 51.3 Å². The summed E-state index contributed by atoms with van der Waals surface area (Å²) >= 11 is 1.41. The van der Waals surface area contributed by atoms with Gasteiger partial charge in [-0.1, -0.05) is 54.6 Å². The second kappa shape index (κ2) is 11.8. The first-order chi connectivity index (χ1) is 18.1. The zero-order valence-corrected chi connectivity index (χ0v) is 22.5. The van der Waals surface area contributed by atoms with Crippen LogP contribution in [0.3, 0.4) is 0 Å². The Bertz CT molecular complexity index is 1240. The summed E-state index contributed by atoms with van der Waals surface area (Å²) in [7, 11) is 0. The van der Waals surface area contributed by atoms with Crippen LogP contribution in [0.2, 0.25) is 0 Å². The number of hydrogen-bond acceptors (Lipinski definition) is 8. The molecule has 3 rings (SSSR count). The third-order valence-electron chi connectivity index (χ3n) is 5.87. The van der Waals surface area contributed by atoms with Crippen molar-refractivity contribution in [1.82, 2.24) is 9.88 Å². The predicted octanol–water partition coefficient (Wildman–Crippen LogP) is 4.43. The van der Waals surface area contributed by atoms with E-state index in [1.807, 2.05) is 0 Å². The summed E-state index contributed by atoms with van der Waals surface area (Å²) in [4.78, 5) is 31.3. The fraction of sp³-hybridized carbons (Fsp3) is 0.370. The summed E-state index contributed by atoms with van der Waals surface area (Å²) in [5, 5.41) is 11.0. The Kier molecular flexibility index (Phi) is 9.16. The van der Waals surface area contributed by atoms with Crippen LogP contribution in [-0.2, 0) is 21.7 Å². The van der Waals surface area contributed by atoms with Gasteiger partial charge >= 0.3 is 12.3 Å². The van der Waals surface area contributed by atoms with Gasteiger partial charge in [0.15, 0.2) is 5.79 Å². The lowest BCUT2D eigenvalue weighted by molar-refractivity contribution is -0.179. The van der Waals surface area contributed by atoms with Crippen molar-refractivity contribution in [2.75, 3.05) is 6.54 Å². The molecule has 5 N–H and O–H groups in total. The summed E-state index contributed by atoms with van der Waals surface area (Å²) in [5.41, 5.74) is 14.9. The Balaban J connectivity index is 1.97. The van der Waals surface area contributed by atoms with Crippen molar-refractivity contribution < 1.29 is 32.6 Å². The molecule has 0 aliphatic heterocycles. The Morgan fingerprint density at radius 3 is 2.18 bits per heavy atom. The standard InChI is InChI=1S/C27H31F3N4O4S/c1-25(2,3)38-24(37)34(27(31,32)19-11-9-18(10-12-19)22-14-33-16-39-22)15-21(35)20(23(36)26(28,29)30)13-17-7-5-4-6-8-17/h4-12,14,16,20-21,35H,13,15,31-32H2,1-3H3/t20-,21+/m0/s1. The maximum Gasteiger partial charge on any atom is 0.450 e. The molecule has 12 heteroatoms. The molecule has 3 aromatic rings. The molecule has 1 aromatic heterocycles. The van der Waals surface area contributed by atoms with E-state index < -0.39 is 54.4 Å². The van der Waals surface area contributed by atoms with Gasteiger partial charge in [-0.25, -0.2) is 4.79 Å². The number of ether oxygens (including phenoxy) is 1. The van der Waals surface area contributed by atoms with Gasteiger partial charge in [0.05, 0.1) is 29.0 Å². The van der Waals surface area contributed by atoms with Crippen LogP contribution >= 0.6 is 11.3 Å². The van der Waals surface area contributed by atoms with E-state index in [9.17, 15) is 27.9 Å². The van der Waals surface area contributed by atoms with Crippen molar-refractivity contribution in [3.05, 3.63) is 77.4 Å². The zero-order valence-electron chi connectivity index (χ0n) is 21.7. The molecule has 1 amide bonds. The van der Waals surface area contributed by atoms with Crippen LogP contribution in [0.5, 0.6) is 0 Å². The van der Waals surface area contributed by atoms with Gasteiger partial charge in [0.2, 0.25) is 5.78 Å². The van der Waals surface area contributed by atoms with E-state index in [2.05, 4.69) is 4.98 Å². The summed E-state index contributed by atoms with van der Waals surface area (Å²) in [6, 6.07) is 14.5. The third kappa shape index (κ3) is 7.85. The van der Waals surface area contributed by atoms with E-state index >= 15 is 0 Å². The average Bonchev–Trinajstić information content (AvgIpc) is 3.39. The highest BCUT2D eigenvalue weighted by Gasteiger charge is 2.48. The molecular formula is C27H31F3N4O4S. The molecule has 0 saturated heterocycles. The van der Waals surface area contributed by atoms with Crippen molar-refractivity contribution >= 4 is 23.2 Å². The van der Waals surface area contributed by atoms with Crippen LogP contribution in [0.4, 0.5) is 18.0 Å². The van der Waals surface area contributed by atoms with Gasteiger partial charge in [0, 0.05) is 11.8 Å². The lowest BCUT2D eigenvalue weighted by Gasteiger charge is -2.40. The highest BCUT2D eigenvalue weighted by Crippen LogP contribution is 2.30. The second-order valence-corrected chi connectivity index (χ2v) is 11.0. The average molecular weight is 565 g/mol. The zero-order chi connectivity index (χ0) is 29.0. The van der Waals surface area contributed by atoms with Crippen molar-refractivity contribution in [2.45, 2.75) is 50.9 Å². The summed E-state index contributed by atoms with van der Waals surface area (Å²) in [5.74, 6) is -6.17. The lowest BCUT2D eigenvalue weighted by Crippen LogP contribution is -2.64. The molecule has 0 radical (unpaired) electrons. The predicted molar refractivity (Wildman–Crippen MR) is 141 cm³/mol. The first kappa shape index (κ1) is 30.2. The highest BCUT2D eigenvalue weighted by molar-refractivity contribution is 7.13. The van der Waals surface area contributed by atoms with Crippen LogP contribution in [0.1, 0.15) is 31.9 Å². The van der Waals surface area contributed by atoms with Gasteiger partial charge in [-0.2, -0.15) is 13.2 Å². The first-order valence-corrected chi connectivity index (χ1v) is 12.9. The molecule has 0 fully saturated rings. The second-order valence-electron chi connectivity index (χ2n) is 10.1. The Labute approximate surface area is 228 Å². The van der Waals surface area contributed by atoms with Crippen molar-refractivity contribution in [3.63, 3.8) is 0 Å². The fourth-order valence-electron chi connectivity index (χ4n) is 3.91. The molecule has 0 aliphatic rings. The number of aliphatic hydroxyl groups is 1. The number of Topliss-reactive ketones (excluding diaryl/α,β-unsaturated/α-hetero) is 1. The van der Waals surface area contributed by atoms with Crippen LogP contribution < -0.4 is 11.5 Å². The number of carbonyl (C=O) groups excluding carboxylic acids is 2. The molecule has 0 aliphatic carbocycles. The molecule has 8 nitrogen and oxygen atoms in total. The van der Waals surface area contributed by atoms with E-state index in [0.717, 1.165) is 15.3 Å². The molecule has 210 valence electrons. The molecule has 0 saturated carbocycles. The van der Waals surface area contributed by atoms with Gasteiger partial charge in [0.1, 0.15) is 5.60 Å². The maximum atomic E-state index is 13.5. The number of aromatic nitrogens is 1. The Morgan fingerprint density at radius 1 is 1.05 bits per heavy atom. The van der Waals surface area contributed by atoms with Crippen molar-refractivity contribution in [1.29, 1.82) is 0 Å². The van der Waals surface area contributed by atoms with Gasteiger partial charge in [-0.15, -0.1) is 11.3 Å². The molecule has 0 unspecified atom stereocenters. The Hall–Kier alpha value is -3.32. The number of ketones is 1. The van der Waals surface area contributed by atoms with Gasteiger partial charge in [-0.05, 0) is 38.3 Å². The minimum Gasteiger partial charge on any atom is -0.444 e. The van der Waals surface area contributed by atoms with Crippen LogP contribution in [0.25, 0.3) is 10.4 Å². The van der Waals surface area contributed by atoms with E-state index in [1.165, 1.54) is 23.5 Å². The van der Waals surface area contributed by atoms with Crippen LogP contribution in [0.15, 0.2) is 66.3 Å². The van der Waals surface area contributed by atoms with E-state index in [-0.39, 0.29) is 5.56 Å². The topological polar surface area (TPSA) is 132 Å². The Morgan fingerprint density at radius 2 is 1.67 bits per heavy atom. The molecule has 1 heterocycles. The SMILES string of the molecule is CC(C)(C)OC(=O)N(C[C@@H](O)[C@H](Cc1ccccc1)C(=O)C(F)(F)F)C(N)(N)c1ccc(-c2cncs2)cc1. The smallest absolute Gasteiger partial charge is 0.444 e. The number of benzene rings is 2. The monoisotopic (exact) mass is 564 g/mol. The fourth-order valence-corrected chi connectivity index (χ4v) is 4.53. The quantitative estimate of drug-likeness (QED) is 0.328. The van der Waals surface area contributed by atoms with Crippen molar-refractivity contribution in [3.8, 4) is 10.4 Å². The summed E-state index contributed by atoms with van der Waals surface area (Å²) < 4.78 is 46.0. The van der Waals surface area contributed by atoms with Gasteiger partial charge < -0.3 is 9.84 Å². The van der Waals surface area contributed by atoms with E-state index in [1.54, 1.807) is 74.9 Å². The van der Waals surface area contributed by atoms with E-state index in [0.29, 0.717) is 5.56 Å². The number of rotatable bonds is 9. The van der Waals surface area contributed by atoms with Crippen molar-refractivity contribution in [2.24, 2.45) is 17.4 Å². The number of nitrogens with two attached hydrogens (primary N) is 2. The van der Waals surface area contributed by atoms with Gasteiger partial charge in [0.25, 0.3) is 0 Å².